The van der Waals surface area contributed by atoms with Crippen molar-refractivity contribution in [1.29, 1.82) is 0 Å². The number of aliphatic hydroxyl groups is 4. The van der Waals surface area contributed by atoms with E-state index in [9.17, 15) is 34.8 Å². The molecule has 276 valence electrons. The normalized spacial score (nSPS) is 37.1. The summed E-state index contributed by atoms with van der Waals surface area (Å²) >= 11 is 0. The van der Waals surface area contributed by atoms with E-state index >= 15 is 0 Å². The Morgan fingerprint density at radius 1 is 0.667 bits per heavy atom. The van der Waals surface area contributed by atoms with Crippen LogP contribution in [0.25, 0.3) is 0 Å². The van der Waals surface area contributed by atoms with Gasteiger partial charge in [0.2, 0.25) is 0 Å². The molecule has 0 radical (unpaired) electrons. The van der Waals surface area contributed by atoms with E-state index in [0.717, 1.165) is 64.2 Å². The zero-order valence-corrected chi connectivity index (χ0v) is 28.5. The third-order valence-corrected chi connectivity index (χ3v) is 8.76. The Morgan fingerprint density at radius 2 is 1.21 bits per heavy atom. The monoisotopic (exact) mass is 688 g/mol. The summed E-state index contributed by atoms with van der Waals surface area (Å²) in [6.45, 7) is 3.42. The molecule has 5 unspecified atom stereocenters. The van der Waals surface area contributed by atoms with Crippen LogP contribution in [0.1, 0.15) is 104 Å². The van der Waals surface area contributed by atoms with E-state index in [2.05, 4.69) is 12.2 Å². The second-order valence-electron chi connectivity index (χ2n) is 12.9. The molecule has 4 rings (SSSR count). The van der Waals surface area contributed by atoms with Crippen LogP contribution in [-0.2, 0) is 47.5 Å². The molecular weight excluding hydrogens is 632 g/mol. The number of hydrogen-bond acceptors (Lipinski definition) is 14. The van der Waals surface area contributed by atoms with E-state index in [1.807, 2.05) is 6.92 Å². The maximum absolute atomic E-state index is 12.7. The molecule has 4 aliphatic heterocycles. The van der Waals surface area contributed by atoms with Crippen LogP contribution in [0.5, 0.6) is 0 Å². The number of esters is 3. The third-order valence-electron chi connectivity index (χ3n) is 8.76. The fraction of sp³-hybridized carbons (Fsp3) is 0.853. The van der Waals surface area contributed by atoms with Crippen molar-refractivity contribution in [3.05, 3.63) is 12.2 Å². The second kappa shape index (κ2) is 21.1. The lowest BCUT2D eigenvalue weighted by Gasteiger charge is -2.47. The molecule has 0 saturated carbocycles. The van der Waals surface area contributed by atoms with E-state index in [4.69, 9.17) is 33.2 Å². The Morgan fingerprint density at radius 3 is 1.85 bits per heavy atom. The van der Waals surface area contributed by atoms with Gasteiger partial charge in [0.1, 0.15) is 55.9 Å². The van der Waals surface area contributed by atoms with Crippen molar-refractivity contribution in [2.75, 3.05) is 13.2 Å². The lowest BCUT2D eigenvalue weighted by atomic mass is 9.97. The van der Waals surface area contributed by atoms with E-state index in [1.54, 1.807) is 0 Å². The number of carbonyl (C=O) groups excluding carboxylic acids is 3. The van der Waals surface area contributed by atoms with E-state index < -0.39 is 85.9 Å². The van der Waals surface area contributed by atoms with Gasteiger partial charge in [0, 0.05) is 20.3 Å². The van der Waals surface area contributed by atoms with E-state index in [-0.39, 0.29) is 19.1 Å². The number of rotatable bonds is 4. The van der Waals surface area contributed by atoms with Crippen molar-refractivity contribution in [1.82, 2.24) is 0 Å². The summed E-state index contributed by atoms with van der Waals surface area (Å²) in [5, 5.41) is 44.2. The zero-order valence-electron chi connectivity index (χ0n) is 28.5. The van der Waals surface area contributed by atoms with Gasteiger partial charge >= 0.3 is 17.9 Å². The molecule has 0 aromatic rings. The fourth-order valence-electron chi connectivity index (χ4n) is 6.00. The number of fused-ring (bicyclic) bond motifs is 19. The molecule has 0 amide bonds. The highest BCUT2D eigenvalue weighted by Crippen LogP contribution is 2.32. The van der Waals surface area contributed by atoms with Crippen molar-refractivity contribution >= 4 is 17.9 Å². The van der Waals surface area contributed by atoms with Gasteiger partial charge in [0.25, 0.3) is 0 Å². The number of allylic oxidation sites excluding steroid dienone is 2. The first-order valence-corrected chi connectivity index (χ1v) is 17.4. The Hall–Kier alpha value is -2.17. The fourth-order valence-corrected chi connectivity index (χ4v) is 6.00. The van der Waals surface area contributed by atoms with Crippen LogP contribution in [0.15, 0.2) is 12.2 Å². The van der Waals surface area contributed by atoms with Crippen LogP contribution in [-0.4, -0.2) is 119 Å². The summed E-state index contributed by atoms with van der Waals surface area (Å²) in [4.78, 5) is 35.8. The smallest absolute Gasteiger partial charge is 0.306 e. The minimum absolute atomic E-state index is 0.0919. The molecule has 4 N–H and O–H groups in total. The SMILES string of the molecule is CC(=O)OCC1O[C@H]2OC(C)CCCCCCC=CCCCCCCCC(=O)O[C@@H]3C(COC(C)=O)O[C@@H](OC2[C@@H](O)[C@@H]1O)C(O)[C@H]3O. The highest BCUT2D eigenvalue weighted by atomic mass is 16.8. The average Bonchev–Trinajstić information content (AvgIpc) is 3.03. The Kier molecular flexibility index (Phi) is 17.7. The zero-order chi connectivity index (χ0) is 35.1. The highest BCUT2D eigenvalue weighted by molar-refractivity contribution is 5.69. The molecule has 2 bridgehead atoms. The summed E-state index contributed by atoms with van der Waals surface area (Å²) in [5.41, 5.74) is 0. The van der Waals surface area contributed by atoms with Gasteiger partial charge in [-0.3, -0.25) is 14.4 Å². The Balaban J connectivity index is 1.81. The summed E-state index contributed by atoms with van der Waals surface area (Å²) < 4.78 is 39.6. The first-order chi connectivity index (χ1) is 23.0. The number of aliphatic hydroxyl groups excluding tert-OH is 4. The molecule has 14 nitrogen and oxygen atoms in total. The van der Waals surface area contributed by atoms with Crippen molar-refractivity contribution < 1.29 is 68.0 Å². The molecule has 11 atom stereocenters. The Labute approximate surface area is 283 Å². The van der Waals surface area contributed by atoms with Crippen LogP contribution in [0, 0.1) is 0 Å². The maximum Gasteiger partial charge on any atom is 0.306 e. The molecule has 0 aromatic heterocycles. The number of hydrogen-bond donors (Lipinski definition) is 4. The minimum atomic E-state index is -1.79. The van der Waals surface area contributed by atoms with Gasteiger partial charge in [0.15, 0.2) is 18.7 Å². The van der Waals surface area contributed by atoms with Crippen molar-refractivity contribution in [2.45, 2.75) is 172 Å². The van der Waals surface area contributed by atoms with Crippen molar-refractivity contribution in [3.63, 3.8) is 0 Å². The molecule has 0 aliphatic carbocycles. The van der Waals surface area contributed by atoms with Crippen LogP contribution >= 0.6 is 0 Å². The average molecular weight is 689 g/mol. The van der Waals surface area contributed by atoms with Crippen molar-refractivity contribution in [2.24, 2.45) is 0 Å². The number of carbonyl (C=O) groups is 3. The van der Waals surface area contributed by atoms with Crippen LogP contribution in [0.2, 0.25) is 0 Å². The van der Waals surface area contributed by atoms with E-state index in [1.165, 1.54) is 13.8 Å². The van der Waals surface area contributed by atoms with Gasteiger partial charge in [-0.15, -0.1) is 0 Å². The molecule has 4 heterocycles. The maximum atomic E-state index is 12.7. The quantitative estimate of drug-likeness (QED) is 0.191. The van der Waals surface area contributed by atoms with Gasteiger partial charge < -0.3 is 53.6 Å². The van der Waals surface area contributed by atoms with Crippen molar-refractivity contribution in [3.8, 4) is 0 Å². The minimum Gasteiger partial charge on any atom is -0.463 e. The highest BCUT2D eigenvalue weighted by Gasteiger charge is 2.53. The number of ether oxygens (including phenoxy) is 7. The molecule has 48 heavy (non-hydrogen) atoms. The van der Waals surface area contributed by atoms with Gasteiger partial charge in [-0.1, -0.05) is 50.7 Å². The third kappa shape index (κ3) is 13.3. The van der Waals surface area contributed by atoms with Gasteiger partial charge in [-0.25, -0.2) is 0 Å². The molecule has 2 saturated heterocycles. The molecule has 0 aromatic carbocycles. The van der Waals surface area contributed by atoms with Gasteiger partial charge in [-0.05, 0) is 45.4 Å². The lowest BCUT2D eigenvalue weighted by molar-refractivity contribution is -0.371. The second-order valence-corrected chi connectivity index (χ2v) is 12.9. The standard InChI is InChI=1S/C34H56O14/c1-21-17-15-13-11-9-7-5-4-6-8-10-12-14-16-18-26(37)47-31-25(20-43-23(3)36)46-33(30(41)29(31)40)48-32-28(39)27(38)24(19-42-22(2)35)45-34(32)44-21/h4-5,21,24-25,27-34,38-41H,6-20H2,1-3H3/t21?,24?,25?,27-,28+,29-,30?,31-,32?,33+,34-/m1/s1. The topological polar surface area (TPSA) is 197 Å². The summed E-state index contributed by atoms with van der Waals surface area (Å²) in [6, 6.07) is 0. The van der Waals surface area contributed by atoms with Gasteiger partial charge in [0.05, 0.1) is 6.10 Å². The molecule has 2 fully saturated rings. The van der Waals surface area contributed by atoms with E-state index in [0.29, 0.717) is 12.8 Å². The predicted molar refractivity (Wildman–Crippen MR) is 169 cm³/mol. The molecule has 14 heteroatoms. The van der Waals surface area contributed by atoms with Crippen LogP contribution < -0.4 is 0 Å². The van der Waals surface area contributed by atoms with Crippen LogP contribution in [0.4, 0.5) is 0 Å². The van der Waals surface area contributed by atoms with Gasteiger partial charge in [-0.2, -0.15) is 0 Å². The predicted octanol–water partition coefficient (Wildman–Crippen LogP) is 2.35. The molecule has 0 spiro atoms. The first kappa shape index (κ1) is 40.3. The Bertz CT molecular complexity index is 1010. The first-order valence-electron chi connectivity index (χ1n) is 17.4. The van der Waals surface area contributed by atoms with Crippen LogP contribution in [0.3, 0.4) is 0 Å². The summed E-state index contributed by atoms with van der Waals surface area (Å²) in [6.07, 6.45) is 0.483. The largest absolute Gasteiger partial charge is 0.463 e. The molecule has 4 aliphatic rings. The summed E-state index contributed by atoms with van der Waals surface area (Å²) in [7, 11) is 0. The lowest BCUT2D eigenvalue weighted by Crippen LogP contribution is -2.65. The summed E-state index contributed by atoms with van der Waals surface area (Å²) in [5.74, 6) is -1.86. The molecular formula is C34H56O14.